The lowest BCUT2D eigenvalue weighted by Crippen LogP contribution is -2.46. The Morgan fingerprint density at radius 1 is 1.19 bits per heavy atom. The largest absolute Gasteiger partial charge is 0.480 e. The first-order chi connectivity index (χ1) is 18.0. The number of pyridine rings is 1. The number of fused-ring (bicyclic) bond motifs is 3. The van der Waals surface area contributed by atoms with E-state index in [4.69, 9.17) is 9.47 Å². The Morgan fingerprint density at radius 2 is 2.08 bits per heavy atom. The molecular formula is C25H23N7O5. The molecule has 0 spiro atoms. The Morgan fingerprint density at radius 3 is 2.95 bits per heavy atom. The molecule has 2 aliphatic heterocycles. The van der Waals surface area contributed by atoms with Crippen LogP contribution in [0.2, 0.25) is 0 Å². The lowest BCUT2D eigenvalue weighted by atomic mass is 9.88. The molecule has 2 N–H and O–H groups in total. The molecule has 3 aromatic rings. The van der Waals surface area contributed by atoms with Gasteiger partial charge in [0.25, 0.3) is 11.5 Å². The standard InChI is InChI=1S/C25H23N7O5/c26-11-14-1-3-16-18(9-14)31(23(34)12-28-16)8-7-27-15-2-4-17-20(10-15)37-25(35)32(17)21-6-5-19-24(29-21)30-22(33)13-36-19/h1,3,5-6,9,12,15,17,20,27H,2,4,7-8,10,13H2,(H,29,30,33)/t15-,17-,20+/m0/s1. The summed E-state index contributed by atoms with van der Waals surface area (Å²) in [5, 5.41) is 15.4. The van der Waals surface area contributed by atoms with Crippen molar-refractivity contribution in [2.45, 2.75) is 44.0 Å². The number of ether oxygens (including phenoxy) is 2. The van der Waals surface area contributed by atoms with Crippen LogP contribution in [0.15, 0.2) is 41.3 Å². The zero-order valence-electron chi connectivity index (χ0n) is 19.7. The highest BCUT2D eigenvalue weighted by atomic mass is 16.6. The molecular weight excluding hydrogens is 478 g/mol. The highest BCUT2D eigenvalue weighted by Gasteiger charge is 2.46. The van der Waals surface area contributed by atoms with Crippen LogP contribution in [-0.2, 0) is 16.1 Å². The number of aromatic nitrogens is 3. The van der Waals surface area contributed by atoms with E-state index in [1.165, 1.54) is 6.20 Å². The van der Waals surface area contributed by atoms with Gasteiger partial charge in [-0.3, -0.25) is 14.5 Å². The summed E-state index contributed by atoms with van der Waals surface area (Å²) in [6.45, 7) is 0.878. The molecule has 2 aromatic heterocycles. The van der Waals surface area contributed by atoms with Crippen LogP contribution in [0.25, 0.3) is 11.0 Å². The Hall–Kier alpha value is -4.50. The van der Waals surface area contributed by atoms with Gasteiger partial charge in [-0.15, -0.1) is 0 Å². The van der Waals surface area contributed by atoms with Crippen molar-refractivity contribution in [3.05, 3.63) is 52.4 Å². The van der Waals surface area contributed by atoms with Gasteiger partial charge in [0.15, 0.2) is 18.2 Å². The average Bonchev–Trinajstić information content (AvgIpc) is 3.24. The predicted octanol–water partition coefficient (Wildman–Crippen LogP) is 1.53. The number of carbonyl (C=O) groups is 2. The van der Waals surface area contributed by atoms with E-state index in [0.717, 1.165) is 6.42 Å². The maximum Gasteiger partial charge on any atom is 0.416 e. The SMILES string of the molecule is N#Cc1ccc2ncc(=O)n(CCN[C@H]3CC[C@H]4[C@@H](C3)OC(=O)N4c3ccc4c(n3)NC(=O)CO4)c2c1. The average molecular weight is 502 g/mol. The summed E-state index contributed by atoms with van der Waals surface area (Å²) in [5.74, 6) is 0.874. The smallest absolute Gasteiger partial charge is 0.416 e. The zero-order valence-corrected chi connectivity index (χ0v) is 19.7. The van der Waals surface area contributed by atoms with Crippen molar-refractivity contribution in [2.75, 3.05) is 23.4 Å². The van der Waals surface area contributed by atoms with Crippen molar-refractivity contribution < 1.29 is 19.1 Å². The van der Waals surface area contributed by atoms with Crippen molar-refractivity contribution in [2.24, 2.45) is 0 Å². The Kier molecular flexibility index (Phi) is 5.69. The quantitative estimate of drug-likeness (QED) is 0.530. The number of hydrogen-bond acceptors (Lipinski definition) is 9. The third kappa shape index (κ3) is 4.23. The van der Waals surface area contributed by atoms with Gasteiger partial charge in [-0.1, -0.05) is 0 Å². The molecule has 0 bridgehead atoms. The fourth-order valence-electron chi connectivity index (χ4n) is 5.24. The monoisotopic (exact) mass is 501 g/mol. The summed E-state index contributed by atoms with van der Waals surface area (Å²) in [6.07, 6.45) is 2.67. The molecule has 2 fully saturated rings. The molecule has 1 aliphatic carbocycles. The summed E-state index contributed by atoms with van der Waals surface area (Å²) in [7, 11) is 0. The van der Waals surface area contributed by atoms with Gasteiger partial charge in [0.2, 0.25) is 0 Å². The number of rotatable bonds is 5. The minimum Gasteiger partial charge on any atom is -0.480 e. The first-order valence-electron chi connectivity index (χ1n) is 12.1. The van der Waals surface area contributed by atoms with Gasteiger partial charge in [0, 0.05) is 25.6 Å². The minimum absolute atomic E-state index is 0.0637. The Bertz CT molecular complexity index is 1510. The third-order valence-corrected chi connectivity index (χ3v) is 6.99. The number of nitrogens with one attached hydrogen (secondary N) is 2. The molecule has 1 saturated carbocycles. The van der Waals surface area contributed by atoms with Crippen LogP contribution in [0.3, 0.4) is 0 Å². The number of nitrogens with zero attached hydrogens (tertiary/aromatic N) is 5. The third-order valence-electron chi connectivity index (χ3n) is 6.99. The minimum atomic E-state index is -0.464. The molecule has 3 aliphatic rings. The maximum absolute atomic E-state index is 12.8. The molecule has 188 valence electrons. The second kappa shape index (κ2) is 9.18. The number of amides is 2. The summed E-state index contributed by atoms with van der Waals surface area (Å²) >= 11 is 0. The van der Waals surface area contributed by atoms with Crippen molar-refractivity contribution in [1.82, 2.24) is 19.9 Å². The molecule has 0 unspecified atom stereocenters. The van der Waals surface area contributed by atoms with E-state index >= 15 is 0 Å². The van der Waals surface area contributed by atoms with Gasteiger partial charge in [0.05, 0.1) is 34.9 Å². The van der Waals surface area contributed by atoms with E-state index in [9.17, 15) is 19.6 Å². The number of nitriles is 1. The van der Waals surface area contributed by atoms with Crippen molar-refractivity contribution >= 4 is 34.7 Å². The van der Waals surface area contributed by atoms with Crippen LogP contribution < -0.4 is 25.8 Å². The fourth-order valence-corrected chi connectivity index (χ4v) is 5.24. The highest BCUT2D eigenvalue weighted by molar-refractivity contribution is 5.95. The van der Waals surface area contributed by atoms with Crippen LogP contribution in [0.5, 0.6) is 5.75 Å². The van der Waals surface area contributed by atoms with Crippen molar-refractivity contribution in [3.63, 3.8) is 0 Å². The molecule has 12 heteroatoms. The highest BCUT2D eigenvalue weighted by Crippen LogP contribution is 2.37. The van der Waals surface area contributed by atoms with Crippen LogP contribution in [0.1, 0.15) is 24.8 Å². The first-order valence-corrected chi connectivity index (χ1v) is 12.1. The lowest BCUT2D eigenvalue weighted by Gasteiger charge is -2.33. The molecule has 6 rings (SSSR count). The number of benzene rings is 1. The van der Waals surface area contributed by atoms with Crippen LogP contribution in [0, 0.1) is 11.3 Å². The topological polar surface area (TPSA) is 151 Å². The van der Waals surface area contributed by atoms with Gasteiger partial charge in [-0.2, -0.15) is 5.26 Å². The summed E-state index contributed by atoms with van der Waals surface area (Å²) in [5.41, 5.74) is 1.51. The summed E-state index contributed by atoms with van der Waals surface area (Å²) in [4.78, 5) is 47.0. The van der Waals surface area contributed by atoms with Crippen molar-refractivity contribution in [3.8, 4) is 11.8 Å². The molecule has 37 heavy (non-hydrogen) atoms. The lowest BCUT2D eigenvalue weighted by molar-refractivity contribution is -0.118. The van der Waals surface area contributed by atoms with Gasteiger partial charge in [-0.05, 0) is 43.2 Å². The number of anilines is 2. The van der Waals surface area contributed by atoms with Crippen LogP contribution in [-0.4, -0.2) is 57.9 Å². The Labute approximate surface area is 210 Å². The van der Waals surface area contributed by atoms with Crippen LogP contribution >= 0.6 is 0 Å². The molecule has 3 atom stereocenters. The molecule has 1 aromatic carbocycles. The van der Waals surface area contributed by atoms with E-state index in [-0.39, 0.29) is 36.3 Å². The van der Waals surface area contributed by atoms with E-state index in [1.807, 2.05) is 0 Å². The van der Waals surface area contributed by atoms with Gasteiger partial charge >= 0.3 is 6.09 Å². The second-order valence-electron chi connectivity index (χ2n) is 9.24. The number of carbonyl (C=O) groups excluding carboxylic acids is 2. The van der Waals surface area contributed by atoms with Gasteiger partial charge in [-0.25, -0.2) is 14.8 Å². The normalized spacial score (nSPS) is 22.5. The second-order valence-corrected chi connectivity index (χ2v) is 9.24. The summed E-state index contributed by atoms with van der Waals surface area (Å²) < 4.78 is 12.7. The first kappa shape index (κ1) is 22.9. The fraction of sp³-hybridized carbons (Fsp3) is 0.360. The van der Waals surface area contributed by atoms with Crippen molar-refractivity contribution in [1.29, 1.82) is 5.26 Å². The Balaban J connectivity index is 1.11. The maximum atomic E-state index is 12.8. The number of hydrogen-bond donors (Lipinski definition) is 2. The van der Waals surface area contributed by atoms with Gasteiger partial charge in [0.1, 0.15) is 11.9 Å². The van der Waals surface area contributed by atoms with Crippen LogP contribution in [0.4, 0.5) is 16.4 Å². The molecule has 0 radical (unpaired) electrons. The van der Waals surface area contributed by atoms with E-state index in [0.29, 0.717) is 59.9 Å². The summed E-state index contributed by atoms with van der Waals surface area (Å²) in [6, 6.07) is 10.5. The predicted molar refractivity (Wildman–Crippen MR) is 131 cm³/mol. The molecule has 4 heterocycles. The van der Waals surface area contributed by atoms with Gasteiger partial charge < -0.3 is 24.7 Å². The molecule has 2 amide bonds. The van der Waals surface area contributed by atoms with E-state index < -0.39 is 6.09 Å². The molecule has 12 nitrogen and oxygen atoms in total. The van der Waals surface area contributed by atoms with E-state index in [1.54, 1.807) is 39.8 Å². The zero-order chi connectivity index (χ0) is 25.5. The van der Waals surface area contributed by atoms with E-state index in [2.05, 4.69) is 26.7 Å². The molecule has 1 saturated heterocycles.